The normalized spacial score (nSPS) is 11.8. The highest BCUT2D eigenvalue weighted by Gasteiger charge is 2.19. The topological polar surface area (TPSA) is 116 Å². The number of benzene rings is 2. The van der Waals surface area contributed by atoms with Crippen molar-refractivity contribution in [2.24, 2.45) is 0 Å². The zero-order valence-corrected chi connectivity index (χ0v) is 17.7. The third kappa shape index (κ3) is 4.30. The van der Waals surface area contributed by atoms with Gasteiger partial charge in [-0.25, -0.2) is 9.67 Å². The number of fused-ring (bicyclic) bond motifs is 1. The number of anilines is 1. The van der Waals surface area contributed by atoms with Crippen LogP contribution in [0.3, 0.4) is 0 Å². The number of H-pyrrole nitrogens is 1. The SMILES string of the molecule is CC(Sc1nc2c(cnn2-c2cccc(Cl)c2)c(=O)[nH]1)C(=O)Nc1ccccc1C#N. The van der Waals surface area contributed by atoms with Crippen LogP contribution in [0.2, 0.25) is 5.02 Å². The monoisotopic (exact) mass is 450 g/mol. The zero-order valence-electron chi connectivity index (χ0n) is 16.2. The van der Waals surface area contributed by atoms with Crippen LogP contribution in [0, 0.1) is 11.3 Å². The summed E-state index contributed by atoms with van der Waals surface area (Å²) in [4.78, 5) is 32.3. The van der Waals surface area contributed by atoms with E-state index in [0.29, 0.717) is 33.0 Å². The maximum Gasteiger partial charge on any atom is 0.262 e. The highest BCUT2D eigenvalue weighted by atomic mass is 35.5. The highest BCUT2D eigenvalue weighted by Crippen LogP contribution is 2.24. The van der Waals surface area contributed by atoms with E-state index in [1.807, 2.05) is 6.07 Å². The van der Waals surface area contributed by atoms with Crippen LogP contribution in [-0.2, 0) is 4.79 Å². The van der Waals surface area contributed by atoms with E-state index in [0.717, 1.165) is 11.8 Å². The van der Waals surface area contributed by atoms with E-state index in [-0.39, 0.29) is 16.6 Å². The summed E-state index contributed by atoms with van der Waals surface area (Å²) in [5.41, 5.74) is 1.46. The fraction of sp³-hybridized carbons (Fsp3) is 0.0952. The van der Waals surface area contributed by atoms with Crippen LogP contribution in [0.15, 0.2) is 64.7 Å². The van der Waals surface area contributed by atoms with Crippen molar-refractivity contribution in [2.75, 3.05) is 5.32 Å². The van der Waals surface area contributed by atoms with Gasteiger partial charge in [-0.1, -0.05) is 41.6 Å². The van der Waals surface area contributed by atoms with Crippen molar-refractivity contribution in [3.05, 3.63) is 75.7 Å². The molecule has 0 radical (unpaired) electrons. The summed E-state index contributed by atoms with van der Waals surface area (Å²) in [5.74, 6) is -0.321. The summed E-state index contributed by atoms with van der Waals surface area (Å²) in [6, 6.07) is 15.8. The summed E-state index contributed by atoms with van der Waals surface area (Å²) in [6.07, 6.45) is 1.44. The van der Waals surface area contributed by atoms with Crippen LogP contribution in [-0.4, -0.2) is 30.9 Å². The number of aromatic amines is 1. The second-order valence-electron chi connectivity index (χ2n) is 6.55. The average molecular weight is 451 g/mol. The van der Waals surface area contributed by atoms with Crippen molar-refractivity contribution in [1.29, 1.82) is 5.26 Å². The number of para-hydroxylation sites is 1. The Morgan fingerprint density at radius 3 is 2.87 bits per heavy atom. The fourth-order valence-electron chi connectivity index (χ4n) is 2.90. The molecule has 154 valence electrons. The Morgan fingerprint density at radius 1 is 1.29 bits per heavy atom. The summed E-state index contributed by atoms with van der Waals surface area (Å²) < 4.78 is 1.52. The van der Waals surface area contributed by atoms with Crippen molar-refractivity contribution in [1.82, 2.24) is 19.7 Å². The average Bonchev–Trinajstić information content (AvgIpc) is 3.18. The fourth-order valence-corrected chi connectivity index (χ4v) is 3.87. The summed E-state index contributed by atoms with van der Waals surface area (Å²) in [6.45, 7) is 1.69. The van der Waals surface area contributed by atoms with Gasteiger partial charge in [-0.15, -0.1) is 0 Å². The van der Waals surface area contributed by atoms with Crippen molar-refractivity contribution in [3.8, 4) is 11.8 Å². The Morgan fingerprint density at radius 2 is 2.10 bits per heavy atom. The molecule has 2 aromatic carbocycles. The van der Waals surface area contributed by atoms with Crippen LogP contribution in [0.25, 0.3) is 16.7 Å². The van der Waals surface area contributed by atoms with Gasteiger partial charge < -0.3 is 10.3 Å². The van der Waals surface area contributed by atoms with Gasteiger partial charge in [0.1, 0.15) is 11.5 Å². The van der Waals surface area contributed by atoms with Crippen LogP contribution in [0.1, 0.15) is 12.5 Å². The Hall–Kier alpha value is -3.61. The minimum atomic E-state index is -0.588. The van der Waals surface area contributed by atoms with E-state index in [9.17, 15) is 14.9 Å². The first-order valence-corrected chi connectivity index (χ1v) is 10.4. The molecular formula is C21H15ClN6O2S. The molecule has 0 fully saturated rings. The molecule has 1 unspecified atom stereocenters. The lowest BCUT2D eigenvalue weighted by atomic mass is 10.2. The third-order valence-electron chi connectivity index (χ3n) is 4.43. The van der Waals surface area contributed by atoms with Crippen molar-refractivity contribution in [2.45, 2.75) is 17.3 Å². The molecule has 0 aliphatic heterocycles. The predicted octanol–water partition coefficient (Wildman–Crippen LogP) is 3.75. The van der Waals surface area contributed by atoms with Gasteiger partial charge in [0.25, 0.3) is 5.56 Å². The lowest BCUT2D eigenvalue weighted by Gasteiger charge is -2.12. The number of aromatic nitrogens is 4. The maximum atomic E-state index is 12.6. The Labute approximate surface area is 185 Å². The smallest absolute Gasteiger partial charge is 0.262 e. The summed E-state index contributed by atoms with van der Waals surface area (Å²) >= 11 is 7.16. The quantitative estimate of drug-likeness (QED) is 0.353. The number of halogens is 1. The Kier molecular flexibility index (Phi) is 5.75. The lowest BCUT2D eigenvalue weighted by Crippen LogP contribution is -2.23. The first-order chi connectivity index (χ1) is 15.0. The number of hydrogen-bond acceptors (Lipinski definition) is 6. The van der Waals surface area contributed by atoms with Gasteiger partial charge in [-0.2, -0.15) is 10.4 Å². The van der Waals surface area contributed by atoms with Crippen LogP contribution in [0.4, 0.5) is 5.69 Å². The number of nitrogens with zero attached hydrogens (tertiary/aromatic N) is 4. The molecule has 2 N–H and O–H groups in total. The van der Waals surface area contributed by atoms with Gasteiger partial charge >= 0.3 is 0 Å². The van der Waals surface area contributed by atoms with Crippen molar-refractivity contribution >= 4 is 46.0 Å². The van der Waals surface area contributed by atoms with Crippen molar-refractivity contribution in [3.63, 3.8) is 0 Å². The molecule has 4 aromatic rings. The molecule has 10 heteroatoms. The third-order valence-corrected chi connectivity index (χ3v) is 5.65. The second-order valence-corrected chi connectivity index (χ2v) is 8.32. The Bertz CT molecular complexity index is 1390. The summed E-state index contributed by atoms with van der Waals surface area (Å²) in [7, 11) is 0. The predicted molar refractivity (Wildman–Crippen MR) is 120 cm³/mol. The minimum Gasteiger partial charge on any atom is -0.324 e. The zero-order chi connectivity index (χ0) is 22.0. The molecule has 0 saturated heterocycles. The van der Waals surface area contributed by atoms with Gasteiger partial charge in [0.2, 0.25) is 5.91 Å². The van der Waals surface area contributed by atoms with E-state index in [1.165, 1.54) is 10.9 Å². The van der Waals surface area contributed by atoms with Gasteiger partial charge in [0.05, 0.1) is 28.4 Å². The van der Waals surface area contributed by atoms with E-state index >= 15 is 0 Å². The molecule has 0 aliphatic carbocycles. The largest absolute Gasteiger partial charge is 0.324 e. The number of carbonyl (C=O) groups is 1. The molecule has 0 saturated carbocycles. The number of amides is 1. The standard InChI is InChI=1S/C21H15ClN6O2S/c1-12(19(29)25-17-8-3-2-5-13(17)10-23)31-21-26-18-16(20(30)27-21)11-24-28(18)15-7-4-6-14(22)9-15/h2-9,11-12H,1H3,(H,25,29)(H,26,27,30). The second kappa shape index (κ2) is 8.63. The molecular weight excluding hydrogens is 436 g/mol. The number of thioether (sulfide) groups is 1. The highest BCUT2D eigenvalue weighted by molar-refractivity contribution is 8.00. The van der Waals surface area contributed by atoms with E-state index in [1.54, 1.807) is 55.5 Å². The first kappa shape index (κ1) is 20.7. The molecule has 0 bridgehead atoms. The van der Waals surface area contributed by atoms with Crippen LogP contribution < -0.4 is 10.9 Å². The maximum absolute atomic E-state index is 12.6. The summed E-state index contributed by atoms with van der Waals surface area (Å²) in [5, 5.41) is 16.7. The van der Waals surface area contributed by atoms with Gasteiger partial charge in [-0.05, 0) is 37.3 Å². The number of carbonyl (C=O) groups excluding carboxylic acids is 1. The van der Waals surface area contributed by atoms with Gasteiger partial charge in [0.15, 0.2) is 10.8 Å². The van der Waals surface area contributed by atoms with E-state index in [4.69, 9.17) is 11.6 Å². The Balaban J connectivity index is 1.61. The molecule has 2 aromatic heterocycles. The first-order valence-electron chi connectivity index (χ1n) is 9.17. The number of hydrogen-bond donors (Lipinski definition) is 2. The minimum absolute atomic E-state index is 0.275. The molecule has 1 atom stereocenters. The molecule has 4 rings (SSSR count). The molecule has 1 amide bonds. The van der Waals surface area contributed by atoms with Crippen LogP contribution >= 0.6 is 23.4 Å². The van der Waals surface area contributed by atoms with Gasteiger partial charge in [-0.3, -0.25) is 9.59 Å². The molecule has 0 spiro atoms. The molecule has 0 aliphatic rings. The van der Waals surface area contributed by atoms with E-state index in [2.05, 4.69) is 20.4 Å². The lowest BCUT2D eigenvalue weighted by molar-refractivity contribution is -0.115. The number of rotatable bonds is 5. The number of nitriles is 1. The molecule has 2 heterocycles. The van der Waals surface area contributed by atoms with Gasteiger partial charge in [0, 0.05) is 5.02 Å². The molecule has 31 heavy (non-hydrogen) atoms. The van der Waals surface area contributed by atoms with E-state index < -0.39 is 5.25 Å². The number of nitrogens with one attached hydrogen (secondary N) is 2. The molecule has 8 nitrogen and oxygen atoms in total. The van der Waals surface area contributed by atoms with Crippen molar-refractivity contribution < 1.29 is 4.79 Å². The van der Waals surface area contributed by atoms with Crippen LogP contribution in [0.5, 0.6) is 0 Å².